The summed E-state index contributed by atoms with van der Waals surface area (Å²) in [6.45, 7) is 0.826. The maximum absolute atomic E-state index is 12.7. The summed E-state index contributed by atoms with van der Waals surface area (Å²) in [5.41, 5.74) is 1.91. The fraction of sp³-hybridized carbons (Fsp3) is 0.421. The molecule has 0 aliphatic heterocycles. The number of rotatable bonds is 7. The molecule has 1 aromatic carbocycles. The van der Waals surface area contributed by atoms with Gasteiger partial charge in [0.05, 0.1) is 12.8 Å². The van der Waals surface area contributed by atoms with Crippen molar-refractivity contribution in [1.82, 2.24) is 9.78 Å². The topological polar surface area (TPSA) is 53.4 Å². The Balaban J connectivity index is 2.55. The van der Waals surface area contributed by atoms with E-state index in [0.29, 0.717) is 28.3 Å². The monoisotopic (exact) mass is 466 g/mol. The number of hydrogen-bond acceptors (Lipinski definition) is 4. The molecule has 10 heteroatoms. The minimum Gasteiger partial charge on any atom is -0.469 e. The first kappa shape index (κ1) is 23.7. The molecule has 0 fully saturated rings. The highest BCUT2D eigenvalue weighted by Gasteiger charge is 2.28. The molecule has 0 radical (unpaired) electrons. The third kappa shape index (κ3) is 5.33. The zero-order valence-electron chi connectivity index (χ0n) is 16.8. The number of carbonyl (C=O) groups excluding carboxylic acids is 1. The van der Waals surface area contributed by atoms with Gasteiger partial charge in [0.2, 0.25) is 5.88 Å². The molecular formula is C19H23Cl2F2N2O3P. The first-order chi connectivity index (χ1) is 13.4. The number of nitrogens with zero attached hydrogens (tertiary/aromatic N) is 2. The normalized spacial score (nSPS) is 12.9. The smallest absolute Gasteiger partial charge is 0.388 e. The quantitative estimate of drug-likeness (QED) is 0.420. The van der Waals surface area contributed by atoms with Crippen LogP contribution in [-0.4, -0.2) is 54.8 Å². The van der Waals surface area contributed by atoms with E-state index in [9.17, 15) is 13.6 Å². The van der Waals surface area contributed by atoms with E-state index < -0.39 is 19.2 Å². The standard InChI is InChI=1S/C19H23Cl2F2N2O3P/c1-10-7-13(20)11(9-14(18(26)27-3)29(4,5)6)8-12(10)16-15(21)17(25(2)24-16)28-19(22)23/h7-8,14,19H,4,9H2,1-3,5-6H3. The van der Waals surface area contributed by atoms with Crippen LogP contribution in [0.25, 0.3) is 11.3 Å². The van der Waals surface area contributed by atoms with E-state index in [2.05, 4.69) is 16.1 Å². The first-order valence-corrected chi connectivity index (χ1v) is 12.3. The van der Waals surface area contributed by atoms with Gasteiger partial charge in [-0.3, -0.25) is 4.79 Å². The summed E-state index contributed by atoms with van der Waals surface area (Å²) >= 11 is 12.7. The van der Waals surface area contributed by atoms with Gasteiger partial charge in [0.15, 0.2) is 0 Å². The maximum Gasteiger partial charge on any atom is 0.388 e. The predicted octanol–water partition coefficient (Wildman–Crippen LogP) is 5.10. The summed E-state index contributed by atoms with van der Waals surface area (Å²) < 4.78 is 35.9. The van der Waals surface area contributed by atoms with E-state index in [1.165, 1.54) is 14.2 Å². The minimum absolute atomic E-state index is 0.0290. The van der Waals surface area contributed by atoms with E-state index in [4.69, 9.17) is 27.9 Å². The zero-order valence-corrected chi connectivity index (χ0v) is 19.2. The lowest BCUT2D eigenvalue weighted by atomic mass is 9.99. The van der Waals surface area contributed by atoms with Crippen LogP contribution in [0.2, 0.25) is 10.0 Å². The van der Waals surface area contributed by atoms with Gasteiger partial charge in [-0.05, 0) is 49.9 Å². The van der Waals surface area contributed by atoms with Crippen molar-refractivity contribution in [3.8, 4) is 17.1 Å². The van der Waals surface area contributed by atoms with Gasteiger partial charge in [0.25, 0.3) is 0 Å². The fourth-order valence-electron chi connectivity index (χ4n) is 2.96. The number of aryl methyl sites for hydroxylation is 2. The van der Waals surface area contributed by atoms with Crippen molar-refractivity contribution in [3.63, 3.8) is 0 Å². The lowest BCUT2D eigenvalue weighted by Crippen LogP contribution is -2.25. The van der Waals surface area contributed by atoms with E-state index in [0.717, 1.165) is 10.2 Å². The molecule has 0 saturated carbocycles. The van der Waals surface area contributed by atoms with Crippen molar-refractivity contribution in [2.75, 3.05) is 20.4 Å². The first-order valence-electron chi connectivity index (χ1n) is 8.59. The van der Waals surface area contributed by atoms with Gasteiger partial charge in [0.1, 0.15) is 10.7 Å². The summed E-state index contributed by atoms with van der Waals surface area (Å²) in [7, 11) is 2.80. The molecule has 1 aromatic heterocycles. The summed E-state index contributed by atoms with van der Waals surface area (Å²) in [5, 5.41) is 4.68. The molecule has 0 spiro atoms. The van der Waals surface area contributed by atoms with E-state index in [1.807, 2.05) is 13.3 Å². The Hall–Kier alpha value is -1.56. The Morgan fingerprint density at radius 1 is 1.34 bits per heavy atom. The summed E-state index contributed by atoms with van der Waals surface area (Å²) in [5.74, 6) is -0.579. The highest BCUT2D eigenvalue weighted by atomic mass is 35.5. The van der Waals surface area contributed by atoms with Crippen molar-refractivity contribution < 1.29 is 23.0 Å². The van der Waals surface area contributed by atoms with Crippen LogP contribution < -0.4 is 4.74 Å². The molecule has 29 heavy (non-hydrogen) atoms. The lowest BCUT2D eigenvalue weighted by molar-refractivity contribution is -0.140. The van der Waals surface area contributed by atoms with Crippen molar-refractivity contribution in [2.24, 2.45) is 7.05 Å². The molecule has 1 heterocycles. The van der Waals surface area contributed by atoms with Crippen LogP contribution in [0.5, 0.6) is 5.88 Å². The predicted molar refractivity (Wildman–Crippen MR) is 115 cm³/mol. The number of esters is 1. The van der Waals surface area contributed by atoms with Crippen LogP contribution >= 0.6 is 30.1 Å². The number of benzene rings is 1. The van der Waals surface area contributed by atoms with Gasteiger partial charge in [0, 0.05) is 17.6 Å². The van der Waals surface area contributed by atoms with Crippen molar-refractivity contribution in [2.45, 2.75) is 25.6 Å². The van der Waals surface area contributed by atoms with Crippen molar-refractivity contribution in [3.05, 3.63) is 33.3 Å². The molecule has 0 amide bonds. The number of carbonyl (C=O) groups is 1. The van der Waals surface area contributed by atoms with Gasteiger partial charge in [-0.2, -0.15) is 13.9 Å². The van der Waals surface area contributed by atoms with E-state index in [-0.39, 0.29) is 16.9 Å². The number of methoxy groups -OCH3 is 1. The molecule has 1 atom stereocenters. The molecule has 0 aliphatic carbocycles. The largest absolute Gasteiger partial charge is 0.469 e. The fourth-order valence-corrected chi connectivity index (χ4v) is 4.93. The molecular weight excluding hydrogens is 444 g/mol. The number of hydrogen-bond donors (Lipinski definition) is 0. The Bertz CT molecular complexity index is 973. The highest BCUT2D eigenvalue weighted by molar-refractivity contribution is 7.73. The summed E-state index contributed by atoms with van der Waals surface area (Å²) in [6.07, 6.45) is 4.49. The maximum atomic E-state index is 12.7. The molecule has 2 rings (SSSR count). The zero-order chi connectivity index (χ0) is 22.1. The van der Waals surface area contributed by atoms with Crippen LogP contribution in [0.1, 0.15) is 11.1 Å². The molecule has 160 valence electrons. The van der Waals surface area contributed by atoms with Crippen LogP contribution in [0, 0.1) is 6.92 Å². The van der Waals surface area contributed by atoms with E-state index >= 15 is 0 Å². The summed E-state index contributed by atoms with van der Waals surface area (Å²) in [6, 6.07) is 3.50. The van der Waals surface area contributed by atoms with E-state index in [1.54, 1.807) is 19.1 Å². The SMILES string of the molecule is C=P(C)(C)C(Cc1cc(-c2nn(C)c(OC(F)F)c2Cl)c(C)cc1Cl)C(=O)OC. The van der Waals surface area contributed by atoms with Crippen LogP contribution in [-0.2, 0) is 23.0 Å². The Kier molecular flexibility index (Phi) is 7.42. The molecule has 0 saturated heterocycles. The number of alkyl halides is 2. The second-order valence-corrected chi connectivity index (χ2v) is 12.2. The van der Waals surface area contributed by atoms with Gasteiger partial charge >= 0.3 is 12.6 Å². The Morgan fingerprint density at radius 2 is 1.97 bits per heavy atom. The van der Waals surface area contributed by atoms with Crippen molar-refractivity contribution in [1.29, 1.82) is 0 Å². The summed E-state index contributed by atoms with van der Waals surface area (Å²) in [4.78, 5) is 12.3. The van der Waals surface area contributed by atoms with Crippen LogP contribution in [0.15, 0.2) is 12.1 Å². The lowest BCUT2D eigenvalue weighted by Gasteiger charge is -2.24. The van der Waals surface area contributed by atoms with Crippen molar-refractivity contribution >= 4 is 42.4 Å². The van der Waals surface area contributed by atoms with Gasteiger partial charge in [-0.25, -0.2) is 4.68 Å². The van der Waals surface area contributed by atoms with Gasteiger partial charge < -0.3 is 9.47 Å². The molecule has 1 unspecified atom stereocenters. The Labute approximate surface area is 178 Å². The molecule has 0 N–H and O–H groups in total. The second kappa shape index (κ2) is 9.07. The number of halogens is 4. The van der Waals surface area contributed by atoms with Gasteiger partial charge in [-0.1, -0.05) is 23.2 Å². The van der Waals surface area contributed by atoms with Gasteiger partial charge in [-0.15, -0.1) is 13.2 Å². The third-order valence-electron chi connectivity index (χ3n) is 4.52. The van der Waals surface area contributed by atoms with Crippen LogP contribution in [0.3, 0.4) is 0 Å². The average molecular weight is 467 g/mol. The molecule has 0 aliphatic rings. The molecule has 5 nitrogen and oxygen atoms in total. The number of ether oxygens (including phenoxy) is 2. The Morgan fingerprint density at radius 3 is 2.48 bits per heavy atom. The minimum atomic E-state index is -3.03. The second-order valence-electron chi connectivity index (χ2n) is 7.25. The molecule has 2 aromatic rings. The average Bonchev–Trinajstić information content (AvgIpc) is 2.87. The van der Waals surface area contributed by atoms with Crippen LogP contribution in [0.4, 0.5) is 8.78 Å². The molecule has 0 bridgehead atoms. The third-order valence-corrected chi connectivity index (χ3v) is 7.29. The highest BCUT2D eigenvalue weighted by Crippen LogP contribution is 2.45. The number of aromatic nitrogens is 2.